The van der Waals surface area contributed by atoms with Crippen LogP contribution in [-0.4, -0.2) is 51.1 Å². The fraction of sp³-hybridized carbons (Fsp3) is 0.500. The number of benzene rings is 1. The Balaban J connectivity index is 2.32. The quantitative estimate of drug-likeness (QED) is 0.422. The normalized spacial score (nSPS) is 15.6. The molecule has 3 amide bonds. The minimum atomic E-state index is -0.793. The van der Waals surface area contributed by atoms with Crippen molar-refractivity contribution in [3.63, 3.8) is 0 Å². The van der Waals surface area contributed by atoms with Crippen LogP contribution >= 0.6 is 0 Å². The zero-order valence-electron chi connectivity index (χ0n) is 15.4. The van der Waals surface area contributed by atoms with Gasteiger partial charge in [-0.05, 0) is 32.8 Å². The Bertz CT molecular complexity index is 751. The smallest absolute Gasteiger partial charge is 0.282 e. The number of amides is 3. The molecule has 0 aromatic heterocycles. The molecule has 8 nitrogen and oxygen atoms in total. The number of fused-ring (bicyclic) bond motifs is 1. The van der Waals surface area contributed by atoms with E-state index in [-0.39, 0.29) is 29.1 Å². The van der Waals surface area contributed by atoms with Crippen LogP contribution in [0.4, 0.5) is 5.69 Å². The Hall–Kier alpha value is -2.77. The SMILES string of the molecule is CC[C@@H](C)N(C(=O)CN1C(=O)c2cccc([N+](=O)[O-])c2C1=O)[C@H](C)CC. The Morgan fingerprint density at radius 3 is 2.23 bits per heavy atom. The number of rotatable bonds is 7. The summed E-state index contributed by atoms with van der Waals surface area (Å²) >= 11 is 0. The fourth-order valence-electron chi connectivity index (χ4n) is 3.15. The van der Waals surface area contributed by atoms with Crippen molar-refractivity contribution < 1.29 is 19.3 Å². The molecule has 26 heavy (non-hydrogen) atoms. The van der Waals surface area contributed by atoms with Crippen molar-refractivity contribution in [2.24, 2.45) is 0 Å². The zero-order chi connectivity index (χ0) is 19.6. The maximum Gasteiger partial charge on any atom is 0.282 e. The molecule has 0 radical (unpaired) electrons. The first-order chi connectivity index (χ1) is 12.2. The van der Waals surface area contributed by atoms with Gasteiger partial charge in [-0.1, -0.05) is 19.9 Å². The highest BCUT2D eigenvalue weighted by molar-refractivity contribution is 6.24. The number of imide groups is 1. The minimum absolute atomic E-state index is 0.0318. The highest BCUT2D eigenvalue weighted by Gasteiger charge is 2.42. The van der Waals surface area contributed by atoms with Crippen molar-refractivity contribution >= 4 is 23.4 Å². The molecule has 1 aromatic rings. The van der Waals surface area contributed by atoms with E-state index in [0.717, 1.165) is 17.7 Å². The van der Waals surface area contributed by atoms with Crippen LogP contribution in [0.2, 0.25) is 0 Å². The summed E-state index contributed by atoms with van der Waals surface area (Å²) in [5, 5.41) is 11.2. The third kappa shape index (κ3) is 3.31. The molecule has 2 rings (SSSR count). The van der Waals surface area contributed by atoms with Crippen LogP contribution in [-0.2, 0) is 4.79 Å². The maximum atomic E-state index is 12.8. The van der Waals surface area contributed by atoms with Gasteiger partial charge >= 0.3 is 0 Å². The van der Waals surface area contributed by atoms with Gasteiger partial charge in [0.2, 0.25) is 5.91 Å². The molecule has 1 aliphatic heterocycles. The lowest BCUT2D eigenvalue weighted by atomic mass is 10.1. The molecule has 1 aromatic carbocycles. The van der Waals surface area contributed by atoms with E-state index >= 15 is 0 Å². The van der Waals surface area contributed by atoms with Crippen LogP contribution in [0.25, 0.3) is 0 Å². The Labute approximate surface area is 151 Å². The van der Waals surface area contributed by atoms with Crippen molar-refractivity contribution in [2.45, 2.75) is 52.6 Å². The maximum absolute atomic E-state index is 12.8. The summed E-state index contributed by atoms with van der Waals surface area (Å²) in [4.78, 5) is 50.9. The number of nitro groups is 1. The third-order valence-electron chi connectivity index (χ3n) is 4.89. The first-order valence-corrected chi connectivity index (χ1v) is 8.69. The van der Waals surface area contributed by atoms with Gasteiger partial charge in [-0.25, -0.2) is 0 Å². The van der Waals surface area contributed by atoms with Crippen LogP contribution < -0.4 is 0 Å². The second kappa shape index (κ2) is 7.63. The summed E-state index contributed by atoms with van der Waals surface area (Å²) in [6.45, 7) is 7.32. The van der Waals surface area contributed by atoms with Crippen LogP contribution in [0.1, 0.15) is 61.3 Å². The lowest BCUT2D eigenvalue weighted by Gasteiger charge is -2.34. The molecule has 0 spiro atoms. The van der Waals surface area contributed by atoms with Crippen LogP contribution in [0.3, 0.4) is 0 Å². The molecule has 0 aliphatic carbocycles. The summed E-state index contributed by atoms with van der Waals surface area (Å²) in [7, 11) is 0. The van der Waals surface area contributed by atoms with Gasteiger partial charge in [0.1, 0.15) is 12.1 Å². The van der Waals surface area contributed by atoms with Crippen molar-refractivity contribution in [3.05, 3.63) is 39.4 Å². The topological polar surface area (TPSA) is 101 Å². The average Bonchev–Trinajstić information content (AvgIpc) is 2.86. The van der Waals surface area contributed by atoms with Crippen molar-refractivity contribution in [1.82, 2.24) is 9.80 Å². The molecule has 0 saturated heterocycles. The van der Waals surface area contributed by atoms with Crippen LogP contribution in [0, 0.1) is 10.1 Å². The molecule has 0 fully saturated rings. The van der Waals surface area contributed by atoms with Gasteiger partial charge in [-0.15, -0.1) is 0 Å². The van der Waals surface area contributed by atoms with E-state index in [1.54, 1.807) is 4.90 Å². The van der Waals surface area contributed by atoms with Crippen molar-refractivity contribution in [2.75, 3.05) is 6.54 Å². The summed E-state index contributed by atoms with van der Waals surface area (Å²) < 4.78 is 0. The molecule has 2 atom stereocenters. The van der Waals surface area contributed by atoms with E-state index in [4.69, 9.17) is 0 Å². The summed E-state index contributed by atoms with van der Waals surface area (Å²) in [6, 6.07) is 3.83. The van der Waals surface area contributed by atoms with Gasteiger partial charge in [0.25, 0.3) is 17.5 Å². The first kappa shape index (κ1) is 19.6. The van der Waals surface area contributed by atoms with E-state index in [2.05, 4.69) is 0 Å². The van der Waals surface area contributed by atoms with E-state index < -0.39 is 29.0 Å². The largest absolute Gasteiger partial charge is 0.336 e. The molecule has 0 bridgehead atoms. The van der Waals surface area contributed by atoms with Crippen LogP contribution in [0.15, 0.2) is 18.2 Å². The Morgan fingerprint density at radius 2 is 1.73 bits per heavy atom. The molecule has 1 heterocycles. The Morgan fingerprint density at radius 1 is 1.15 bits per heavy atom. The molecule has 8 heteroatoms. The second-order valence-corrected chi connectivity index (χ2v) is 6.47. The fourth-order valence-corrected chi connectivity index (χ4v) is 3.15. The molecule has 0 N–H and O–H groups in total. The first-order valence-electron chi connectivity index (χ1n) is 8.69. The third-order valence-corrected chi connectivity index (χ3v) is 4.89. The van der Waals surface area contributed by atoms with Gasteiger partial charge in [0, 0.05) is 18.2 Å². The molecule has 0 saturated carbocycles. The average molecular weight is 361 g/mol. The number of hydrogen-bond donors (Lipinski definition) is 0. The molecular formula is C18H23N3O5. The highest BCUT2D eigenvalue weighted by atomic mass is 16.6. The highest BCUT2D eigenvalue weighted by Crippen LogP contribution is 2.30. The van der Waals surface area contributed by atoms with Crippen molar-refractivity contribution in [3.8, 4) is 0 Å². The van der Waals surface area contributed by atoms with Crippen LogP contribution in [0.5, 0.6) is 0 Å². The summed E-state index contributed by atoms with van der Waals surface area (Å²) in [5.41, 5.74) is -0.693. The van der Waals surface area contributed by atoms with E-state index in [9.17, 15) is 24.5 Å². The second-order valence-electron chi connectivity index (χ2n) is 6.47. The molecule has 0 unspecified atom stereocenters. The van der Waals surface area contributed by atoms with E-state index in [0.29, 0.717) is 0 Å². The van der Waals surface area contributed by atoms with Gasteiger partial charge in [-0.3, -0.25) is 29.4 Å². The minimum Gasteiger partial charge on any atom is -0.336 e. The molecule has 1 aliphatic rings. The van der Waals surface area contributed by atoms with Gasteiger partial charge in [0.05, 0.1) is 10.5 Å². The summed E-state index contributed by atoms with van der Waals surface area (Å²) in [6.07, 6.45) is 1.48. The number of hydrogen-bond acceptors (Lipinski definition) is 5. The Kier molecular flexibility index (Phi) is 5.74. The number of carbonyl (C=O) groups excluding carboxylic acids is 3. The van der Waals surface area contributed by atoms with Crippen molar-refractivity contribution in [1.29, 1.82) is 0 Å². The lowest BCUT2D eigenvalue weighted by Crippen LogP contribution is -2.49. The predicted molar refractivity (Wildman–Crippen MR) is 94.8 cm³/mol. The predicted octanol–water partition coefficient (Wildman–Crippen LogP) is 2.62. The number of nitro benzene ring substituents is 1. The monoisotopic (exact) mass is 361 g/mol. The summed E-state index contributed by atoms with van der Waals surface area (Å²) in [5.74, 6) is -1.81. The lowest BCUT2D eigenvalue weighted by molar-refractivity contribution is -0.385. The van der Waals surface area contributed by atoms with Gasteiger partial charge in [0.15, 0.2) is 0 Å². The van der Waals surface area contributed by atoms with E-state index in [1.807, 2.05) is 27.7 Å². The molecule has 140 valence electrons. The number of carbonyl (C=O) groups is 3. The van der Waals surface area contributed by atoms with E-state index in [1.165, 1.54) is 18.2 Å². The molecular weight excluding hydrogens is 338 g/mol. The van der Waals surface area contributed by atoms with Gasteiger partial charge in [-0.2, -0.15) is 0 Å². The standard InChI is InChI=1S/C18H23N3O5/c1-5-11(3)20(12(4)6-2)15(22)10-19-17(23)13-8-7-9-14(21(25)26)16(13)18(19)24/h7-9,11-12H,5-6,10H2,1-4H3/t11-,12-/m1/s1. The zero-order valence-corrected chi connectivity index (χ0v) is 15.4. The number of nitrogens with zero attached hydrogens (tertiary/aromatic N) is 3. The van der Waals surface area contributed by atoms with Gasteiger partial charge < -0.3 is 4.90 Å².